The number of aryl methyl sites for hydroxylation is 1. The molecule has 3 aromatic rings. The van der Waals surface area contributed by atoms with Gasteiger partial charge < -0.3 is 14.4 Å². The average Bonchev–Trinajstić information content (AvgIpc) is 3.28. The van der Waals surface area contributed by atoms with Gasteiger partial charge in [0.25, 0.3) is 0 Å². The number of fused-ring (bicyclic) bond motifs is 2. The molecule has 7 nitrogen and oxygen atoms in total. The largest absolute Gasteiger partial charge is 0.486 e. The van der Waals surface area contributed by atoms with E-state index in [1.54, 1.807) is 4.52 Å². The molecule has 0 aliphatic carbocycles. The highest BCUT2D eigenvalue weighted by Crippen LogP contribution is 2.39. The Morgan fingerprint density at radius 2 is 1.92 bits per heavy atom. The van der Waals surface area contributed by atoms with Crippen LogP contribution in [0.15, 0.2) is 30.3 Å². The zero-order valence-corrected chi connectivity index (χ0v) is 14.1. The van der Waals surface area contributed by atoms with Gasteiger partial charge in [0.05, 0.1) is 6.04 Å². The summed E-state index contributed by atoms with van der Waals surface area (Å²) in [4.78, 5) is 2.35. The van der Waals surface area contributed by atoms with Crippen LogP contribution in [0.2, 0.25) is 0 Å². The van der Waals surface area contributed by atoms with Crippen LogP contribution in [-0.2, 0) is 0 Å². The van der Waals surface area contributed by atoms with Crippen molar-refractivity contribution in [2.24, 2.45) is 0 Å². The number of nitrogens with zero attached hydrogens (tertiary/aromatic N) is 5. The van der Waals surface area contributed by atoms with E-state index in [2.05, 4.69) is 27.2 Å². The van der Waals surface area contributed by atoms with Gasteiger partial charge in [-0.1, -0.05) is 6.07 Å². The third kappa shape index (κ3) is 2.38. The average molecular weight is 337 g/mol. The molecule has 0 saturated carbocycles. The number of ether oxygens (including phenoxy) is 2. The van der Waals surface area contributed by atoms with Gasteiger partial charge in [0.2, 0.25) is 0 Å². The predicted octanol–water partition coefficient (Wildman–Crippen LogP) is 2.55. The first kappa shape index (κ1) is 14.5. The van der Waals surface area contributed by atoms with E-state index in [0.29, 0.717) is 13.2 Å². The van der Waals surface area contributed by atoms with Crippen molar-refractivity contribution in [3.05, 3.63) is 41.7 Å². The standard InChI is InChI=1S/C18H19N5O2/c1-12-19-20-17-6-7-18(21-23(12)17)22-8-2-3-14(22)13-4-5-15-16(11-13)25-10-9-24-15/h4-7,11,14H,2-3,8-10H2,1H3/t14-/m0/s1. The lowest BCUT2D eigenvalue weighted by Crippen LogP contribution is -2.24. The second-order valence-corrected chi connectivity index (χ2v) is 6.46. The molecule has 0 bridgehead atoms. The Bertz CT molecular complexity index is 938. The van der Waals surface area contributed by atoms with Crippen LogP contribution in [0.4, 0.5) is 5.82 Å². The van der Waals surface area contributed by atoms with Crippen molar-refractivity contribution in [1.29, 1.82) is 0 Å². The van der Waals surface area contributed by atoms with Crippen molar-refractivity contribution >= 4 is 11.5 Å². The monoisotopic (exact) mass is 337 g/mol. The Kier molecular flexibility index (Phi) is 3.26. The fourth-order valence-corrected chi connectivity index (χ4v) is 3.69. The summed E-state index contributed by atoms with van der Waals surface area (Å²) in [5, 5.41) is 12.9. The highest BCUT2D eigenvalue weighted by Gasteiger charge is 2.28. The second kappa shape index (κ2) is 5.61. The first-order valence-electron chi connectivity index (χ1n) is 8.65. The normalized spacial score (nSPS) is 19.6. The fourth-order valence-electron chi connectivity index (χ4n) is 3.69. The summed E-state index contributed by atoms with van der Waals surface area (Å²) in [6, 6.07) is 10.6. The Hall–Kier alpha value is -2.83. The minimum Gasteiger partial charge on any atom is -0.486 e. The summed E-state index contributed by atoms with van der Waals surface area (Å²) in [7, 11) is 0. The molecule has 25 heavy (non-hydrogen) atoms. The zero-order valence-electron chi connectivity index (χ0n) is 14.1. The highest BCUT2D eigenvalue weighted by atomic mass is 16.6. The number of rotatable bonds is 2. The van der Waals surface area contributed by atoms with Crippen molar-refractivity contribution in [1.82, 2.24) is 19.8 Å². The van der Waals surface area contributed by atoms with Gasteiger partial charge in [0.15, 0.2) is 23.0 Å². The van der Waals surface area contributed by atoms with E-state index >= 15 is 0 Å². The smallest absolute Gasteiger partial charge is 0.178 e. The maximum Gasteiger partial charge on any atom is 0.178 e. The van der Waals surface area contributed by atoms with Crippen LogP contribution in [0.1, 0.15) is 30.3 Å². The molecule has 0 radical (unpaired) electrons. The van der Waals surface area contributed by atoms with E-state index in [-0.39, 0.29) is 6.04 Å². The van der Waals surface area contributed by atoms with Crippen molar-refractivity contribution in [3.8, 4) is 11.5 Å². The van der Waals surface area contributed by atoms with E-state index in [1.807, 2.05) is 25.1 Å². The first-order chi connectivity index (χ1) is 12.3. The maximum absolute atomic E-state index is 5.75. The molecular weight excluding hydrogens is 318 g/mol. The van der Waals surface area contributed by atoms with Gasteiger partial charge >= 0.3 is 0 Å². The molecule has 1 fully saturated rings. The summed E-state index contributed by atoms with van der Waals surface area (Å²) in [6.07, 6.45) is 2.24. The minimum atomic E-state index is 0.289. The molecule has 1 saturated heterocycles. The van der Waals surface area contributed by atoms with Crippen molar-refractivity contribution in [2.45, 2.75) is 25.8 Å². The van der Waals surface area contributed by atoms with Crippen LogP contribution in [-0.4, -0.2) is 39.6 Å². The van der Waals surface area contributed by atoms with Gasteiger partial charge in [-0.3, -0.25) is 0 Å². The van der Waals surface area contributed by atoms with E-state index in [1.165, 1.54) is 5.56 Å². The molecule has 2 aliphatic rings. The van der Waals surface area contributed by atoms with Crippen molar-refractivity contribution in [2.75, 3.05) is 24.7 Å². The quantitative estimate of drug-likeness (QED) is 0.716. The van der Waals surface area contributed by atoms with E-state index in [9.17, 15) is 0 Å². The Morgan fingerprint density at radius 1 is 1.04 bits per heavy atom. The van der Waals surface area contributed by atoms with Gasteiger partial charge in [0, 0.05) is 6.54 Å². The molecule has 5 rings (SSSR count). The van der Waals surface area contributed by atoms with Crippen LogP contribution < -0.4 is 14.4 Å². The van der Waals surface area contributed by atoms with Crippen LogP contribution in [0, 0.1) is 6.92 Å². The fraction of sp³-hybridized carbons (Fsp3) is 0.389. The molecule has 2 aromatic heterocycles. The number of anilines is 1. The summed E-state index contributed by atoms with van der Waals surface area (Å²) in [5.74, 6) is 3.42. The third-order valence-electron chi connectivity index (χ3n) is 4.90. The van der Waals surface area contributed by atoms with Gasteiger partial charge in [-0.25, -0.2) is 0 Å². The number of benzene rings is 1. The second-order valence-electron chi connectivity index (χ2n) is 6.46. The van der Waals surface area contributed by atoms with Gasteiger partial charge in [-0.2, -0.15) is 4.52 Å². The third-order valence-corrected chi connectivity index (χ3v) is 4.90. The lowest BCUT2D eigenvalue weighted by Gasteiger charge is -2.27. The van der Waals surface area contributed by atoms with E-state index < -0.39 is 0 Å². The molecule has 1 atom stereocenters. The lowest BCUT2D eigenvalue weighted by molar-refractivity contribution is 0.171. The number of hydrogen-bond acceptors (Lipinski definition) is 6. The summed E-state index contributed by atoms with van der Waals surface area (Å²) >= 11 is 0. The molecule has 0 unspecified atom stereocenters. The molecule has 0 amide bonds. The predicted molar refractivity (Wildman–Crippen MR) is 92.3 cm³/mol. The summed E-state index contributed by atoms with van der Waals surface area (Å²) < 4.78 is 13.2. The molecule has 0 N–H and O–H groups in total. The molecule has 1 aromatic carbocycles. The summed E-state index contributed by atoms with van der Waals surface area (Å²) in [5.41, 5.74) is 2.01. The van der Waals surface area contributed by atoms with Gasteiger partial charge in [-0.05, 0) is 49.6 Å². The SMILES string of the molecule is Cc1nnc2ccc(N3CCC[C@H]3c3ccc4c(c3)OCCO4)nn12. The van der Waals surface area contributed by atoms with Crippen LogP contribution in [0.3, 0.4) is 0 Å². The minimum absolute atomic E-state index is 0.289. The molecular formula is C18H19N5O2. The highest BCUT2D eigenvalue weighted by molar-refractivity contribution is 5.51. The van der Waals surface area contributed by atoms with Crippen LogP contribution >= 0.6 is 0 Å². The Labute approximate surface area is 145 Å². The lowest BCUT2D eigenvalue weighted by atomic mass is 10.0. The zero-order chi connectivity index (χ0) is 16.8. The van der Waals surface area contributed by atoms with Gasteiger partial charge in [-0.15, -0.1) is 15.3 Å². The molecule has 128 valence electrons. The van der Waals surface area contributed by atoms with E-state index in [4.69, 9.17) is 14.6 Å². The van der Waals surface area contributed by atoms with Crippen LogP contribution in [0.5, 0.6) is 11.5 Å². The van der Waals surface area contributed by atoms with Gasteiger partial charge in [0.1, 0.15) is 19.0 Å². The number of hydrogen-bond donors (Lipinski definition) is 0. The Balaban J connectivity index is 1.51. The van der Waals surface area contributed by atoms with Crippen molar-refractivity contribution < 1.29 is 9.47 Å². The maximum atomic E-state index is 5.75. The van der Waals surface area contributed by atoms with E-state index in [0.717, 1.165) is 48.2 Å². The summed E-state index contributed by atoms with van der Waals surface area (Å²) in [6.45, 7) is 4.12. The Morgan fingerprint density at radius 3 is 2.84 bits per heavy atom. The van der Waals surface area contributed by atoms with Crippen LogP contribution in [0.25, 0.3) is 5.65 Å². The molecule has 0 spiro atoms. The molecule has 2 aliphatic heterocycles. The van der Waals surface area contributed by atoms with Crippen molar-refractivity contribution in [3.63, 3.8) is 0 Å². The topological polar surface area (TPSA) is 64.8 Å². The molecule has 7 heteroatoms. The first-order valence-corrected chi connectivity index (χ1v) is 8.65. The molecule has 4 heterocycles. The number of aromatic nitrogens is 4.